The summed E-state index contributed by atoms with van der Waals surface area (Å²) in [6.07, 6.45) is 52.1. The number of unbranched alkanes of at least 4 members (excludes halogenated alkanes) is 10. The number of rotatable bonds is 36. The lowest BCUT2D eigenvalue weighted by atomic mass is 10.1. The number of nitrogens with one attached hydrogen (secondary N) is 1. The number of carbonyl (C=O) groups is 3. The van der Waals surface area contributed by atoms with E-state index in [0.717, 1.165) is 77.0 Å². The van der Waals surface area contributed by atoms with Crippen molar-refractivity contribution in [3.8, 4) is 0 Å². The van der Waals surface area contributed by atoms with Crippen LogP contribution in [0.2, 0.25) is 0 Å². The molecule has 7 nitrogen and oxygen atoms in total. The van der Waals surface area contributed by atoms with Gasteiger partial charge >= 0.3 is 11.9 Å². The summed E-state index contributed by atoms with van der Waals surface area (Å²) in [7, 11) is 0. The third-order valence-electron chi connectivity index (χ3n) is 8.69. The molecule has 0 aliphatic carbocycles. The first-order valence-electron chi connectivity index (χ1n) is 20.9. The van der Waals surface area contributed by atoms with Gasteiger partial charge in [-0.2, -0.15) is 0 Å². The number of hydrogen-bond acceptors (Lipinski definition) is 5. The number of hydrogen-bond donors (Lipinski definition) is 3. The minimum atomic E-state index is -1.02. The average Bonchev–Trinajstić information content (AvgIpc) is 3.14. The van der Waals surface area contributed by atoms with Crippen molar-refractivity contribution in [2.75, 3.05) is 6.54 Å². The maximum absolute atomic E-state index is 12.7. The van der Waals surface area contributed by atoms with Crippen molar-refractivity contribution < 1.29 is 24.2 Å². The van der Waals surface area contributed by atoms with Gasteiger partial charge < -0.3 is 20.9 Å². The number of allylic oxidation sites excluding steroid dienone is 13. The number of carboxylic acids is 1. The highest BCUT2D eigenvalue weighted by molar-refractivity contribution is 5.83. The Morgan fingerprint density at radius 3 is 1.68 bits per heavy atom. The van der Waals surface area contributed by atoms with Crippen molar-refractivity contribution in [2.24, 2.45) is 5.73 Å². The van der Waals surface area contributed by atoms with Gasteiger partial charge in [0.15, 0.2) is 0 Å². The minimum absolute atomic E-state index is 0.172. The number of esters is 1. The largest absolute Gasteiger partial charge is 0.480 e. The number of ether oxygens (including phenoxy) is 1. The Kier molecular flexibility index (Phi) is 37.2. The molecule has 0 spiro atoms. The van der Waals surface area contributed by atoms with Crippen LogP contribution in [0.3, 0.4) is 0 Å². The maximum Gasteiger partial charge on any atom is 0.326 e. The zero-order valence-corrected chi connectivity index (χ0v) is 33.6. The number of aliphatic carboxylic acids is 1. The highest BCUT2D eigenvalue weighted by atomic mass is 16.5. The lowest BCUT2D eigenvalue weighted by Crippen LogP contribution is -2.40. The van der Waals surface area contributed by atoms with Gasteiger partial charge in [-0.3, -0.25) is 9.59 Å². The molecule has 0 aromatic rings. The van der Waals surface area contributed by atoms with Gasteiger partial charge in [-0.25, -0.2) is 4.79 Å². The predicted molar refractivity (Wildman–Crippen MR) is 225 cm³/mol. The van der Waals surface area contributed by atoms with E-state index in [4.69, 9.17) is 10.5 Å². The predicted octanol–water partition coefficient (Wildman–Crippen LogP) is 11.7. The highest BCUT2D eigenvalue weighted by Gasteiger charge is 2.19. The van der Waals surface area contributed by atoms with Crippen molar-refractivity contribution in [2.45, 2.75) is 180 Å². The van der Waals surface area contributed by atoms with Gasteiger partial charge in [-0.15, -0.1) is 0 Å². The standard InChI is InChI=1S/C46H76N2O5/c1-3-5-7-9-11-13-14-15-16-17-18-19-20-21-22-24-26-28-34-40-45(50)53-42(36-31-27-25-23-12-10-8-6-4-2)37-32-29-30-33-39-44(49)48-43(46(51)52)38-35-41-47/h5,7,11,13,15-16,18-19,21-22,26,28,31,36,42-43H,3-4,6,8-10,12,14,17,20,23-25,27,29-30,32-35,37-41,47H2,1-2H3,(H,48,49)(H,51,52)/b7-5-,13-11-,16-15-,19-18-,22-21-,28-26-,36-31-. The lowest BCUT2D eigenvalue weighted by Gasteiger charge is -2.15. The molecule has 0 bridgehead atoms. The maximum atomic E-state index is 12.7. The second-order valence-electron chi connectivity index (χ2n) is 13.7. The fraction of sp³-hybridized carbons (Fsp3) is 0.630. The van der Waals surface area contributed by atoms with Gasteiger partial charge in [0.1, 0.15) is 12.1 Å². The molecular formula is C46H76N2O5. The molecule has 53 heavy (non-hydrogen) atoms. The molecule has 2 atom stereocenters. The normalized spacial score (nSPS) is 13.6. The van der Waals surface area contributed by atoms with Gasteiger partial charge in [0.25, 0.3) is 0 Å². The van der Waals surface area contributed by atoms with E-state index >= 15 is 0 Å². The Balaban J connectivity index is 4.47. The molecule has 0 rings (SSSR count). The van der Waals surface area contributed by atoms with Crippen molar-refractivity contribution in [1.29, 1.82) is 0 Å². The molecular weight excluding hydrogens is 661 g/mol. The van der Waals surface area contributed by atoms with E-state index in [1.807, 2.05) is 0 Å². The highest BCUT2D eigenvalue weighted by Crippen LogP contribution is 2.14. The van der Waals surface area contributed by atoms with Crippen LogP contribution in [0.1, 0.15) is 168 Å². The van der Waals surface area contributed by atoms with Crippen LogP contribution >= 0.6 is 0 Å². The summed E-state index contributed by atoms with van der Waals surface area (Å²) in [4.78, 5) is 36.3. The number of amides is 1. The Bertz CT molecular complexity index is 1100. The molecule has 0 aromatic carbocycles. The Hall–Kier alpha value is -3.45. The molecule has 2 unspecified atom stereocenters. The Morgan fingerprint density at radius 2 is 1.11 bits per heavy atom. The van der Waals surface area contributed by atoms with Gasteiger partial charge in [0, 0.05) is 12.8 Å². The van der Waals surface area contributed by atoms with Gasteiger partial charge in [0.2, 0.25) is 5.91 Å². The molecule has 0 aliphatic rings. The number of carbonyl (C=O) groups excluding carboxylic acids is 2. The Morgan fingerprint density at radius 1 is 0.585 bits per heavy atom. The van der Waals surface area contributed by atoms with Crippen molar-refractivity contribution >= 4 is 17.8 Å². The zero-order chi connectivity index (χ0) is 38.9. The van der Waals surface area contributed by atoms with Crippen LogP contribution in [0.15, 0.2) is 85.1 Å². The summed E-state index contributed by atoms with van der Waals surface area (Å²) in [5, 5.41) is 11.9. The molecule has 300 valence electrons. The second kappa shape index (κ2) is 39.8. The molecule has 0 saturated heterocycles. The zero-order valence-electron chi connectivity index (χ0n) is 33.6. The lowest BCUT2D eigenvalue weighted by molar-refractivity contribution is -0.147. The second-order valence-corrected chi connectivity index (χ2v) is 13.7. The van der Waals surface area contributed by atoms with E-state index < -0.39 is 12.0 Å². The first-order chi connectivity index (χ1) is 25.9. The molecule has 0 fully saturated rings. The molecule has 0 heterocycles. The van der Waals surface area contributed by atoms with Crippen molar-refractivity contribution in [3.05, 3.63) is 85.1 Å². The fourth-order valence-corrected chi connectivity index (χ4v) is 5.56. The summed E-state index contributed by atoms with van der Waals surface area (Å²) in [5.41, 5.74) is 5.48. The van der Waals surface area contributed by atoms with Crippen LogP contribution < -0.4 is 11.1 Å². The van der Waals surface area contributed by atoms with E-state index in [1.54, 1.807) is 0 Å². The summed E-state index contributed by atoms with van der Waals surface area (Å²) in [6.45, 7) is 4.79. The fourth-order valence-electron chi connectivity index (χ4n) is 5.56. The molecule has 4 N–H and O–H groups in total. The first-order valence-corrected chi connectivity index (χ1v) is 20.9. The first kappa shape index (κ1) is 49.6. The van der Waals surface area contributed by atoms with E-state index in [9.17, 15) is 19.5 Å². The van der Waals surface area contributed by atoms with Crippen LogP contribution in [0.4, 0.5) is 0 Å². The molecule has 0 aromatic heterocycles. The van der Waals surface area contributed by atoms with Gasteiger partial charge in [-0.05, 0) is 103 Å². The monoisotopic (exact) mass is 737 g/mol. The molecule has 0 radical (unpaired) electrons. The third-order valence-corrected chi connectivity index (χ3v) is 8.69. The van der Waals surface area contributed by atoms with Crippen LogP contribution in [0.25, 0.3) is 0 Å². The van der Waals surface area contributed by atoms with Crippen molar-refractivity contribution in [3.63, 3.8) is 0 Å². The van der Waals surface area contributed by atoms with E-state index in [2.05, 4.69) is 104 Å². The van der Waals surface area contributed by atoms with E-state index in [1.165, 1.54) is 38.5 Å². The van der Waals surface area contributed by atoms with E-state index in [0.29, 0.717) is 45.1 Å². The summed E-state index contributed by atoms with van der Waals surface area (Å²) in [5.74, 6) is -1.43. The number of carboxylic acid groups (broad SMARTS) is 1. The minimum Gasteiger partial charge on any atom is -0.480 e. The van der Waals surface area contributed by atoms with Crippen LogP contribution in [0, 0.1) is 0 Å². The third kappa shape index (κ3) is 36.7. The van der Waals surface area contributed by atoms with Gasteiger partial charge in [-0.1, -0.05) is 144 Å². The number of nitrogens with two attached hydrogens (primary N) is 1. The summed E-state index contributed by atoms with van der Waals surface area (Å²) < 4.78 is 5.88. The van der Waals surface area contributed by atoms with Crippen LogP contribution in [0.5, 0.6) is 0 Å². The molecule has 1 amide bonds. The SMILES string of the molecule is CC/C=C\C/C=C\C/C=C\C/C=C\C/C=C\C/C=C\CCC(=O)OC(/C=C\CCCCCCCCC)CCCCCCC(=O)NC(CCCN)C(=O)O. The summed E-state index contributed by atoms with van der Waals surface area (Å²) >= 11 is 0. The van der Waals surface area contributed by atoms with E-state index in [-0.39, 0.29) is 18.0 Å². The topological polar surface area (TPSA) is 119 Å². The Labute approximate surface area is 324 Å². The van der Waals surface area contributed by atoms with Gasteiger partial charge in [0.05, 0.1) is 0 Å². The smallest absolute Gasteiger partial charge is 0.326 e. The molecule has 0 aliphatic heterocycles. The summed E-state index contributed by atoms with van der Waals surface area (Å²) in [6, 6.07) is -0.881. The van der Waals surface area contributed by atoms with Crippen LogP contribution in [-0.2, 0) is 19.1 Å². The quantitative estimate of drug-likeness (QED) is 0.0335. The average molecular weight is 737 g/mol. The molecule has 0 saturated carbocycles. The molecule has 7 heteroatoms. The van der Waals surface area contributed by atoms with Crippen LogP contribution in [-0.4, -0.2) is 41.6 Å². The van der Waals surface area contributed by atoms with Crippen molar-refractivity contribution in [1.82, 2.24) is 5.32 Å².